The van der Waals surface area contributed by atoms with Crippen LogP contribution in [0, 0.1) is 23.8 Å². The normalized spacial score (nSPS) is 15.7. The fourth-order valence-corrected chi connectivity index (χ4v) is 2.54. The largest absolute Gasteiger partial charge is 0.512 e. The second-order valence-electron chi connectivity index (χ2n) is 7.62. The van der Waals surface area contributed by atoms with E-state index in [0.29, 0.717) is 17.2 Å². The molecule has 1 aliphatic rings. The SMILES string of the molecule is CC1(C)N=C(c2[c-]cccc2)OC1(C)C.Fc1c[c-]c(-c2ccccn2)cc1F.[Ir]. The van der Waals surface area contributed by atoms with Crippen LogP contribution in [0.1, 0.15) is 33.3 Å². The third kappa shape index (κ3) is 5.38. The smallest absolute Gasteiger partial charge is 0.131 e. The molecule has 0 saturated carbocycles. The molecule has 0 N–H and O–H groups in total. The maximum Gasteiger partial charge on any atom is 0.131 e. The number of nitrogens with zero attached hydrogens (tertiary/aromatic N) is 2. The first-order chi connectivity index (χ1) is 13.7. The van der Waals surface area contributed by atoms with Gasteiger partial charge in [-0.25, -0.2) is 4.39 Å². The summed E-state index contributed by atoms with van der Waals surface area (Å²) in [5.74, 6) is -1.08. The van der Waals surface area contributed by atoms with Gasteiger partial charge in [0.1, 0.15) is 11.5 Å². The van der Waals surface area contributed by atoms with Crippen molar-refractivity contribution in [1.29, 1.82) is 0 Å². The van der Waals surface area contributed by atoms with E-state index in [4.69, 9.17) is 4.74 Å². The minimum Gasteiger partial charge on any atom is -0.512 e. The summed E-state index contributed by atoms with van der Waals surface area (Å²) in [4.78, 5) is 8.61. The second-order valence-corrected chi connectivity index (χ2v) is 7.62. The number of halogens is 2. The van der Waals surface area contributed by atoms with Crippen LogP contribution in [-0.4, -0.2) is 22.0 Å². The van der Waals surface area contributed by atoms with Gasteiger partial charge < -0.3 is 9.72 Å². The van der Waals surface area contributed by atoms with Crippen molar-refractivity contribution in [2.45, 2.75) is 38.8 Å². The van der Waals surface area contributed by atoms with E-state index < -0.39 is 11.6 Å². The number of ether oxygens (including phenoxy) is 1. The van der Waals surface area contributed by atoms with E-state index in [-0.39, 0.29) is 31.2 Å². The molecule has 1 aromatic heterocycles. The standard InChI is InChI=1S/C13H16NO.C11H6F2N.Ir/c1-12(2)13(3,4)15-11(14-12)10-8-6-5-7-9-10;12-9-5-4-8(7-10(9)13)11-3-1-2-6-14-11;/h5-8H,1-4H3;1-3,5-7H;/q2*-1;. The van der Waals surface area contributed by atoms with Crippen LogP contribution >= 0.6 is 0 Å². The van der Waals surface area contributed by atoms with E-state index in [1.54, 1.807) is 24.4 Å². The fraction of sp³-hybridized carbons (Fsp3) is 0.250. The Morgan fingerprint density at radius 2 is 1.63 bits per heavy atom. The average molecular weight is 585 g/mol. The van der Waals surface area contributed by atoms with Crippen molar-refractivity contribution in [1.82, 2.24) is 4.98 Å². The van der Waals surface area contributed by atoms with Gasteiger partial charge in [0.2, 0.25) is 0 Å². The first-order valence-corrected chi connectivity index (χ1v) is 9.24. The van der Waals surface area contributed by atoms with E-state index in [1.807, 2.05) is 24.3 Å². The van der Waals surface area contributed by atoms with Crippen molar-refractivity contribution in [3.63, 3.8) is 0 Å². The Balaban J connectivity index is 0.000000207. The van der Waals surface area contributed by atoms with Crippen molar-refractivity contribution >= 4 is 5.90 Å². The molecule has 0 aliphatic carbocycles. The van der Waals surface area contributed by atoms with Crippen LogP contribution in [0.4, 0.5) is 8.78 Å². The molecular formula is C24H22F2IrN2O-2. The van der Waals surface area contributed by atoms with Gasteiger partial charge in [-0.2, -0.15) is 0 Å². The van der Waals surface area contributed by atoms with Crippen molar-refractivity contribution in [3.8, 4) is 11.3 Å². The zero-order valence-corrected chi connectivity index (χ0v) is 19.6. The van der Waals surface area contributed by atoms with Crippen LogP contribution in [0.15, 0.2) is 65.8 Å². The summed E-state index contributed by atoms with van der Waals surface area (Å²) in [5, 5.41) is 0. The van der Waals surface area contributed by atoms with Gasteiger partial charge in [-0.1, -0.05) is 17.7 Å². The summed E-state index contributed by atoms with van der Waals surface area (Å²) in [7, 11) is 0. The number of benzene rings is 2. The maximum atomic E-state index is 12.8. The molecule has 0 unspecified atom stereocenters. The number of hydrogen-bond donors (Lipinski definition) is 0. The van der Waals surface area contributed by atoms with E-state index in [9.17, 15) is 8.78 Å². The van der Waals surface area contributed by atoms with Gasteiger partial charge in [0.05, 0.1) is 17.2 Å². The van der Waals surface area contributed by atoms with Crippen LogP contribution in [0.25, 0.3) is 11.3 Å². The summed E-state index contributed by atoms with van der Waals surface area (Å²) in [6, 6.07) is 20.8. The minimum absolute atomic E-state index is 0. The zero-order chi connectivity index (χ0) is 21.1. The van der Waals surface area contributed by atoms with Gasteiger partial charge in [0, 0.05) is 26.3 Å². The Morgan fingerprint density at radius 3 is 2.17 bits per heavy atom. The van der Waals surface area contributed by atoms with Gasteiger partial charge in [-0.3, -0.25) is 9.38 Å². The van der Waals surface area contributed by atoms with Crippen LogP contribution in [0.5, 0.6) is 0 Å². The minimum atomic E-state index is -0.898. The molecule has 3 aromatic rings. The number of pyridine rings is 1. The molecule has 2 aromatic carbocycles. The first-order valence-electron chi connectivity index (χ1n) is 9.24. The molecule has 0 saturated heterocycles. The molecule has 0 atom stereocenters. The number of hydrogen-bond acceptors (Lipinski definition) is 3. The maximum absolute atomic E-state index is 12.8. The molecule has 0 fully saturated rings. The summed E-state index contributed by atoms with van der Waals surface area (Å²) < 4.78 is 31.3. The predicted octanol–water partition coefficient (Wildman–Crippen LogP) is 5.65. The molecule has 1 aliphatic heterocycles. The Bertz CT molecular complexity index is 1010. The molecule has 0 spiro atoms. The Hall–Kier alpha value is -2.43. The van der Waals surface area contributed by atoms with Crippen molar-refractivity contribution in [3.05, 3.63) is 90.1 Å². The van der Waals surface area contributed by atoms with Gasteiger partial charge in [0.15, 0.2) is 0 Å². The molecule has 159 valence electrons. The molecule has 2 heterocycles. The topological polar surface area (TPSA) is 34.5 Å². The second kappa shape index (κ2) is 9.59. The van der Waals surface area contributed by atoms with E-state index >= 15 is 0 Å². The van der Waals surface area contributed by atoms with Crippen LogP contribution in [-0.2, 0) is 24.8 Å². The summed E-state index contributed by atoms with van der Waals surface area (Å²) in [6.07, 6.45) is 1.59. The Labute approximate surface area is 189 Å². The third-order valence-electron chi connectivity index (χ3n) is 4.94. The summed E-state index contributed by atoms with van der Waals surface area (Å²) in [5.41, 5.74) is 1.50. The van der Waals surface area contributed by atoms with Gasteiger partial charge in [0.25, 0.3) is 0 Å². The average Bonchev–Trinajstić information content (AvgIpc) is 2.93. The molecular weight excluding hydrogens is 562 g/mol. The summed E-state index contributed by atoms with van der Waals surface area (Å²) in [6.45, 7) is 8.30. The Kier molecular flexibility index (Phi) is 7.62. The summed E-state index contributed by atoms with van der Waals surface area (Å²) >= 11 is 0. The van der Waals surface area contributed by atoms with E-state index in [2.05, 4.69) is 49.8 Å². The molecule has 3 nitrogen and oxygen atoms in total. The van der Waals surface area contributed by atoms with Gasteiger partial charge in [-0.15, -0.1) is 54.1 Å². The fourth-order valence-electron chi connectivity index (χ4n) is 2.54. The van der Waals surface area contributed by atoms with Crippen molar-refractivity contribution in [2.75, 3.05) is 0 Å². The first kappa shape index (κ1) is 23.8. The molecule has 1 radical (unpaired) electrons. The van der Waals surface area contributed by atoms with Gasteiger partial charge in [-0.05, 0) is 39.5 Å². The third-order valence-corrected chi connectivity index (χ3v) is 4.94. The molecule has 0 bridgehead atoms. The van der Waals surface area contributed by atoms with Crippen LogP contribution in [0.3, 0.4) is 0 Å². The molecule has 0 amide bonds. The zero-order valence-electron chi connectivity index (χ0n) is 17.2. The molecule has 6 heteroatoms. The van der Waals surface area contributed by atoms with E-state index in [1.165, 1.54) is 0 Å². The quantitative estimate of drug-likeness (QED) is 0.365. The number of aromatic nitrogens is 1. The van der Waals surface area contributed by atoms with E-state index in [0.717, 1.165) is 17.7 Å². The number of aliphatic imine (C=N–C) groups is 1. The number of rotatable bonds is 2. The molecule has 30 heavy (non-hydrogen) atoms. The van der Waals surface area contributed by atoms with Crippen LogP contribution < -0.4 is 0 Å². The van der Waals surface area contributed by atoms with Crippen LogP contribution in [0.2, 0.25) is 0 Å². The molecule has 4 rings (SSSR count). The predicted molar refractivity (Wildman–Crippen MR) is 109 cm³/mol. The van der Waals surface area contributed by atoms with Crippen molar-refractivity contribution < 1.29 is 33.6 Å². The monoisotopic (exact) mass is 585 g/mol. The van der Waals surface area contributed by atoms with Gasteiger partial charge >= 0.3 is 0 Å². The Morgan fingerprint density at radius 1 is 0.900 bits per heavy atom. The van der Waals surface area contributed by atoms with Crippen molar-refractivity contribution in [2.24, 2.45) is 4.99 Å².